The monoisotopic (exact) mass is 228 g/mol. The molecule has 0 radical (unpaired) electrons. The zero-order chi connectivity index (χ0) is 12.4. The molecule has 0 aliphatic carbocycles. The summed E-state index contributed by atoms with van der Waals surface area (Å²) in [4.78, 5) is 4.47. The van der Waals surface area contributed by atoms with E-state index in [-0.39, 0.29) is 0 Å². The van der Waals surface area contributed by atoms with Crippen molar-refractivity contribution in [3.8, 4) is 0 Å². The van der Waals surface area contributed by atoms with Gasteiger partial charge < -0.3 is 5.73 Å². The van der Waals surface area contributed by atoms with Gasteiger partial charge in [-0.1, -0.05) is 33.3 Å². The molecule has 0 aliphatic heterocycles. The molecule has 1 aromatic carbocycles. The summed E-state index contributed by atoms with van der Waals surface area (Å²) in [5.74, 6) is 1.23. The molecule has 0 amide bonds. The lowest BCUT2D eigenvalue weighted by Crippen LogP contribution is -1.98. The number of rotatable bonds is 3. The Kier molecular flexibility index (Phi) is 3.32. The lowest BCUT2D eigenvalue weighted by molar-refractivity contribution is 0.868. The fourth-order valence-corrected chi connectivity index (χ4v) is 2.08. The summed E-state index contributed by atoms with van der Waals surface area (Å²) in [6.45, 7) is 6.58. The summed E-state index contributed by atoms with van der Waals surface area (Å²) in [5.41, 5.74) is 9.47. The number of hydrogen-bond donors (Lipinski definition) is 1. The Bertz CT molecular complexity index is 530. The highest BCUT2D eigenvalue weighted by molar-refractivity contribution is 5.82. The van der Waals surface area contributed by atoms with Crippen molar-refractivity contribution in [2.75, 3.05) is 5.73 Å². The van der Waals surface area contributed by atoms with Crippen molar-refractivity contribution in [1.82, 2.24) is 4.98 Å². The number of hydrogen-bond acceptors (Lipinski definition) is 2. The van der Waals surface area contributed by atoms with E-state index in [9.17, 15) is 0 Å². The SMILES string of the molecule is CCCc1cc2cc(C(C)C)ccc2nc1N. The molecule has 0 unspecified atom stereocenters. The van der Waals surface area contributed by atoms with Crippen molar-refractivity contribution >= 4 is 16.7 Å². The Labute approximate surface area is 103 Å². The third kappa shape index (κ3) is 2.41. The Balaban J connectivity index is 2.55. The first-order chi connectivity index (χ1) is 8.11. The molecular weight excluding hydrogens is 208 g/mol. The Morgan fingerprint density at radius 2 is 2.00 bits per heavy atom. The van der Waals surface area contributed by atoms with Crippen LogP contribution in [0.25, 0.3) is 10.9 Å². The number of nitrogens with zero attached hydrogens (tertiary/aromatic N) is 1. The van der Waals surface area contributed by atoms with Gasteiger partial charge in [0.25, 0.3) is 0 Å². The van der Waals surface area contributed by atoms with Gasteiger partial charge >= 0.3 is 0 Å². The smallest absolute Gasteiger partial charge is 0.127 e. The van der Waals surface area contributed by atoms with Gasteiger partial charge in [-0.15, -0.1) is 0 Å². The molecule has 90 valence electrons. The summed E-state index contributed by atoms with van der Waals surface area (Å²) in [6.07, 6.45) is 2.10. The molecule has 2 rings (SSSR count). The van der Waals surface area contributed by atoms with Gasteiger partial charge in [0.1, 0.15) is 5.82 Å². The molecule has 2 nitrogen and oxygen atoms in total. The molecule has 2 aromatic rings. The van der Waals surface area contributed by atoms with Crippen LogP contribution in [0.3, 0.4) is 0 Å². The minimum Gasteiger partial charge on any atom is -0.383 e. The molecule has 1 heterocycles. The lowest BCUT2D eigenvalue weighted by Gasteiger charge is -2.09. The van der Waals surface area contributed by atoms with Crippen molar-refractivity contribution in [2.45, 2.75) is 39.5 Å². The summed E-state index contributed by atoms with van der Waals surface area (Å²) in [5, 5.41) is 1.20. The predicted molar refractivity (Wildman–Crippen MR) is 74.2 cm³/mol. The van der Waals surface area contributed by atoms with Gasteiger partial charge in [-0.05, 0) is 41.7 Å². The molecule has 2 heteroatoms. The first-order valence-corrected chi connectivity index (χ1v) is 6.31. The molecule has 17 heavy (non-hydrogen) atoms. The van der Waals surface area contributed by atoms with E-state index in [0.717, 1.165) is 18.4 Å². The van der Waals surface area contributed by atoms with Crippen molar-refractivity contribution in [3.05, 3.63) is 35.4 Å². The van der Waals surface area contributed by atoms with Gasteiger partial charge in [-0.25, -0.2) is 4.98 Å². The summed E-state index contributed by atoms with van der Waals surface area (Å²) >= 11 is 0. The number of aromatic nitrogens is 1. The van der Waals surface area contributed by atoms with E-state index < -0.39 is 0 Å². The second kappa shape index (κ2) is 4.74. The normalized spacial score (nSPS) is 11.3. The van der Waals surface area contributed by atoms with Gasteiger partial charge in [-0.2, -0.15) is 0 Å². The predicted octanol–water partition coefficient (Wildman–Crippen LogP) is 3.89. The second-order valence-corrected chi connectivity index (χ2v) is 4.89. The van der Waals surface area contributed by atoms with Crippen molar-refractivity contribution in [2.24, 2.45) is 0 Å². The van der Waals surface area contributed by atoms with Crippen molar-refractivity contribution in [3.63, 3.8) is 0 Å². The Morgan fingerprint density at radius 1 is 1.24 bits per heavy atom. The van der Waals surface area contributed by atoms with Crippen molar-refractivity contribution in [1.29, 1.82) is 0 Å². The molecule has 0 fully saturated rings. The van der Waals surface area contributed by atoms with Gasteiger partial charge in [0.15, 0.2) is 0 Å². The largest absolute Gasteiger partial charge is 0.383 e. The van der Waals surface area contributed by atoms with E-state index in [1.165, 1.54) is 16.5 Å². The second-order valence-electron chi connectivity index (χ2n) is 4.89. The fourth-order valence-electron chi connectivity index (χ4n) is 2.08. The molecule has 0 saturated heterocycles. The van der Waals surface area contributed by atoms with E-state index in [2.05, 4.69) is 50.0 Å². The Hall–Kier alpha value is -1.57. The summed E-state index contributed by atoms with van der Waals surface area (Å²) in [7, 11) is 0. The quantitative estimate of drug-likeness (QED) is 0.865. The topological polar surface area (TPSA) is 38.9 Å². The number of aryl methyl sites for hydroxylation is 1. The zero-order valence-electron chi connectivity index (χ0n) is 10.8. The molecule has 0 spiro atoms. The Morgan fingerprint density at radius 3 is 2.65 bits per heavy atom. The maximum atomic E-state index is 5.96. The number of benzene rings is 1. The van der Waals surface area contributed by atoms with Gasteiger partial charge in [0.2, 0.25) is 0 Å². The first kappa shape index (κ1) is 11.9. The highest BCUT2D eigenvalue weighted by Crippen LogP contribution is 2.23. The van der Waals surface area contributed by atoms with E-state index in [1.807, 2.05) is 0 Å². The summed E-state index contributed by atoms with van der Waals surface area (Å²) < 4.78 is 0. The van der Waals surface area contributed by atoms with Crippen LogP contribution in [-0.2, 0) is 6.42 Å². The van der Waals surface area contributed by atoms with E-state index in [1.54, 1.807) is 0 Å². The minimum atomic E-state index is 0.548. The third-order valence-electron chi connectivity index (χ3n) is 3.14. The fraction of sp³-hybridized carbons (Fsp3) is 0.400. The number of fused-ring (bicyclic) bond motifs is 1. The van der Waals surface area contributed by atoms with Crippen LogP contribution in [0.15, 0.2) is 24.3 Å². The average molecular weight is 228 g/mol. The van der Waals surface area contributed by atoms with Crippen LogP contribution in [0.2, 0.25) is 0 Å². The number of nitrogens with two attached hydrogens (primary N) is 1. The van der Waals surface area contributed by atoms with Crippen LogP contribution in [0, 0.1) is 0 Å². The van der Waals surface area contributed by atoms with Crippen LogP contribution in [0.5, 0.6) is 0 Å². The van der Waals surface area contributed by atoms with Crippen LogP contribution in [0.4, 0.5) is 5.82 Å². The maximum Gasteiger partial charge on any atom is 0.127 e. The van der Waals surface area contributed by atoms with Gasteiger partial charge in [-0.3, -0.25) is 0 Å². The highest BCUT2D eigenvalue weighted by Gasteiger charge is 2.05. The van der Waals surface area contributed by atoms with E-state index in [4.69, 9.17) is 5.73 Å². The van der Waals surface area contributed by atoms with Crippen LogP contribution in [-0.4, -0.2) is 4.98 Å². The van der Waals surface area contributed by atoms with E-state index in [0.29, 0.717) is 11.7 Å². The average Bonchev–Trinajstić information content (AvgIpc) is 2.29. The number of anilines is 1. The lowest BCUT2D eigenvalue weighted by atomic mass is 10.00. The van der Waals surface area contributed by atoms with Gasteiger partial charge in [0, 0.05) is 5.39 Å². The number of pyridine rings is 1. The van der Waals surface area contributed by atoms with Crippen LogP contribution < -0.4 is 5.73 Å². The standard InChI is InChI=1S/C15H20N2/c1-4-5-12-9-13-8-11(10(2)3)6-7-14(13)17-15(12)16/h6-10H,4-5H2,1-3H3,(H2,16,17). The number of nitrogen functional groups attached to an aromatic ring is 1. The third-order valence-corrected chi connectivity index (χ3v) is 3.14. The molecule has 0 saturated carbocycles. The summed E-state index contributed by atoms with van der Waals surface area (Å²) in [6, 6.07) is 8.62. The molecule has 0 aliphatic rings. The van der Waals surface area contributed by atoms with Gasteiger partial charge in [0.05, 0.1) is 5.52 Å². The molecular formula is C15H20N2. The van der Waals surface area contributed by atoms with Crippen LogP contribution in [0.1, 0.15) is 44.2 Å². The highest BCUT2D eigenvalue weighted by atomic mass is 14.8. The molecule has 0 bridgehead atoms. The first-order valence-electron chi connectivity index (χ1n) is 6.31. The molecule has 0 atom stereocenters. The molecule has 1 aromatic heterocycles. The van der Waals surface area contributed by atoms with Crippen LogP contribution >= 0.6 is 0 Å². The zero-order valence-corrected chi connectivity index (χ0v) is 10.8. The maximum absolute atomic E-state index is 5.96. The van der Waals surface area contributed by atoms with E-state index >= 15 is 0 Å². The van der Waals surface area contributed by atoms with Crippen molar-refractivity contribution < 1.29 is 0 Å². The molecule has 2 N–H and O–H groups in total. The minimum absolute atomic E-state index is 0.548.